The maximum Gasteiger partial charge on any atom is 0.338 e. The van der Waals surface area contributed by atoms with Crippen LogP contribution < -0.4 is 5.32 Å². The normalized spacial score (nSPS) is 11.5. The van der Waals surface area contributed by atoms with Gasteiger partial charge < -0.3 is 10.1 Å². The number of hydrogen-bond acceptors (Lipinski definition) is 3. The summed E-state index contributed by atoms with van der Waals surface area (Å²) in [6, 6.07) is 16.0. The Balaban J connectivity index is 1.95. The molecule has 4 nitrogen and oxygen atoms in total. The summed E-state index contributed by atoms with van der Waals surface area (Å²) in [5.41, 5.74) is 2.15. The van der Waals surface area contributed by atoms with Crippen molar-refractivity contribution in [3.63, 3.8) is 0 Å². The van der Waals surface area contributed by atoms with Gasteiger partial charge >= 0.3 is 5.97 Å². The van der Waals surface area contributed by atoms with Gasteiger partial charge in [-0.15, -0.1) is 0 Å². The van der Waals surface area contributed by atoms with E-state index in [1.54, 1.807) is 37.3 Å². The quantitative estimate of drug-likeness (QED) is 0.877. The molecule has 2 aromatic carbocycles. The van der Waals surface area contributed by atoms with Crippen LogP contribution in [0.4, 0.5) is 5.69 Å². The molecule has 0 saturated carbocycles. The molecule has 0 aliphatic heterocycles. The van der Waals surface area contributed by atoms with Crippen molar-refractivity contribution in [2.24, 2.45) is 0 Å². The second kappa shape index (κ2) is 6.70. The molecule has 2 rings (SSSR count). The Morgan fingerprint density at radius 2 is 1.76 bits per heavy atom. The van der Waals surface area contributed by atoms with Gasteiger partial charge in [-0.05, 0) is 43.7 Å². The molecule has 0 aliphatic rings. The molecule has 0 unspecified atom stereocenters. The minimum absolute atomic E-state index is 0.357. The van der Waals surface area contributed by atoms with E-state index >= 15 is 0 Å². The highest BCUT2D eigenvalue weighted by Crippen LogP contribution is 2.11. The summed E-state index contributed by atoms with van der Waals surface area (Å²) < 4.78 is 5.15. The number of nitrogens with one attached hydrogen (secondary N) is 1. The summed E-state index contributed by atoms with van der Waals surface area (Å²) in [4.78, 5) is 23.9. The van der Waals surface area contributed by atoms with E-state index in [2.05, 4.69) is 5.32 Å². The van der Waals surface area contributed by atoms with Crippen molar-refractivity contribution in [2.45, 2.75) is 20.0 Å². The molecule has 1 N–H and O–H groups in total. The third-order valence-corrected chi connectivity index (χ3v) is 2.95. The largest absolute Gasteiger partial charge is 0.449 e. The number of anilines is 1. The predicted molar refractivity (Wildman–Crippen MR) is 81.1 cm³/mol. The number of carbonyl (C=O) groups excluding carboxylic acids is 2. The molecule has 0 fully saturated rings. The Kier molecular flexibility index (Phi) is 4.72. The molecule has 0 radical (unpaired) electrons. The lowest BCUT2D eigenvalue weighted by Gasteiger charge is -2.13. The van der Waals surface area contributed by atoms with Crippen LogP contribution in [-0.2, 0) is 9.53 Å². The first kappa shape index (κ1) is 14.8. The van der Waals surface area contributed by atoms with E-state index in [9.17, 15) is 9.59 Å². The van der Waals surface area contributed by atoms with Crippen LogP contribution in [0, 0.1) is 6.92 Å². The molecular formula is C17H17NO3. The number of benzene rings is 2. The van der Waals surface area contributed by atoms with E-state index in [1.165, 1.54) is 0 Å². The zero-order valence-electron chi connectivity index (χ0n) is 12.0. The van der Waals surface area contributed by atoms with Gasteiger partial charge in [0, 0.05) is 5.69 Å². The first-order valence-corrected chi connectivity index (χ1v) is 6.70. The summed E-state index contributed by atoms with van der Waals surface area (Å²) in [5, 5.41) is 2.72. The van der Waals surface area contributed by atoms with Crippen LogP contribution in [0.15, 0.2) is 54.6 Å². The van der Waals surface area contributed by atoms with Crippen LogP contribution in [0.1, 0.15) is 22.8 Å². The smallest absolute Gasteiger partial charge is 0.338 e. The topological polar surface area (TPSA) is 55.4 Å². The Hall–Kier alpha value is -2.62. The van der Waals surface area contributed by atoms with Crippen LogP contribution in [0.5, 0.6) is 0 Å². The molecule has 108 valence electrons. The molecule has 0 aliphatic carbocycles. The second-order valence-corrected chi connectivity index (χ2v) is 4.77. The first-order valence-electron chi connectivity index (χ1n) is 6.70. The minimum atomic E-state index is -0.863. The van der Waals surface area contributed by atoms with Gasteiger partial charge in [0.15, 0.2) is 6.10 Å². The zero-order valence-corrected chi connectivity index (χ0v) is 12.0. The van der Waals surface area contributed by atoms with Crippen molar-refractivity contribution < 1.29 is 14.3 Å². The van der Waals surface area contributed by atoms with Gasteiger partial charge in [-0.25, -0.2) is 4.79 Å². The summed E-state index contributed by atoms with van der Waals surface area (Å²) in [6.07, 6.45) is -0.863. The maximum absolute atomic E-state index is 12.0. The van der Waals surface area contributed by atoms with E-state index in [1.807, 2.05) is 31.2 Å². The van der Waals surface area contributed by atoms with Crippen molar-refractivity contribution in [1.29, 1.82) is 0 Å². The molecule has 0 aromatic heterocycles. The highest BCUT2D eigenvalue weighted by Gasteiger charge is 2.18. The van der Waals surface area contributed by atoms with Crippen molar-refractivity contribution in [1.82, 2.24) is 0 Å². The highest BCUT2D eigenvalue weighted by atomic mass is 16.5. The Morgan fingerprint density at radius 1 is 1.05 bits per heavy atom. The van der Waals surface area contributed by atoms with Crippen molar-refractivity contribution in [3.8, 4) is 0 Å². The molecule has 1 amide bonds. The van der Waals surface area contributed by atoms with Crippen molar-refractivity contribution in [2.75, 3.05) is 5.32 Å². The van der Waals surface area contributed by atoms with E-state index < -0.39 is 12.1 Å². The Morgan fingerprint density at radius 3 is 2.43 bits per heavy atom. The van der Waals surface area contributed by atoms with E-state index in [4.69, 9.17) is 4.74 Å². The summed E-state index contributed by atoms with van der Waals surface area (Å²) in [6.45, 7) is 3.49. The lowest BCUT2D eigenvalue weighted by atomic mass is 10.2. The standard InChI is InChI=1S/C17H17NO3/c1-12-7-6-10-15(11-12)18-16(19)13(2)21-17(20)14-8-4-3-5-9-14/h3-11,13H,1-2H3,(H,18,19)/t13-/m0/s1. The second-order valence-electron chi connectivity index (χ2n) is 4.77. The fourth-order valence-electron chi connectivity index (χ4n) is 1.82. The molecule has 2 aromatic rings. The van der Waals surface area contributed by atoms with Crippen LogP contribution in [0.25, 0.3) is 0 Å². The van der Waals surface area contributed by atoms with Gasteiger partial charge in [-0.1, -0.05) is 30.3 Å². The molecule has 0 spiro atoms. The van der Waals surface area contributed by atoms with E-state index in [-0.39, 0.29) is 5.91 Å². The first-order chi connectivity index (χ1) is 10.1. The monoisotopic (exact) mass is 283 g/mol. The van der Waals surface area contributed by atoms with Gasteiger partial charge in [-0.3, -0.25) is 4.79 Å². The fraction of sp³-hybridized carbons (Fsp3) is 0.176. The molecular weight excluding hydrogens is 266 g/mol. The van der Waals surface area contributed by atoms with Crippen LogP contribution in [-0.4, -0.2) is 18.0 Å². The molecule has 4 heteroatoms. The molecule has 1 atom stereocenters. The maximum atomic E-state index is 12.0. The predicted octanol–water partition coefficient (Wildman–Crippen LogP) is 3.18. The Labute approximate surface area is 123 Å². The average molecular weight is 283 g/mol. The molecule has 21 heavy (non-hydrogen) atoms. The van der Waals surface area contributed by atoms with Crippen LogP contribution >= 0.6 is 0 Å². The Bertz CT molecular complexity index is 637. The third kappa shape index (κ3) is 4.18. The highest BCUT2D eigenvalue weighted by molar-refractivity contribution is 5.97. The minimum Gasteiger partial charge on any atom is -0.449 e. The van der Waals surface area contributed by atoms with Crippen molar-refractivity contribution in [3.05, 3.63) is 65.7 Å². The van der Waals surface area contributed by atoms with E-state index in [0.717, 1.165) is 5.56 Å². The van der Waals surface area contributed by atoms with Crippen molar-refractivity contribution >= 4 is 17.6 Å². The molecule has 0 bridgehead atoms. The molecule has 0 saturated heterocycles. The lowest BCUT2D eigenvalue weighted by Crippen LogP contribution is -2.30. The van der Waals surface area contributed by atoms with Gasteiger partial charge in [0.1, 0.15) is 0 Å². The summed E-state index contributed by atoms with van der Waals surface area (Å²) in [7, 11) is 0. The SMILES string of the molecule is Cc1cccc(NC(=O)[C@H](C)OC(=O)c2ccccc2)c1. The van der Waals surface area contributed by atoms with Crippen LogP contribution in [0.3, 0.4) is 0 Å². The van der Waals surface area contributed by atoms with Crippen LogP contribution in [0.2, 0.25) is 0 Å². The molecule has 0 heterocycles. The van der Waals surface area contributed by atoms with Gasteiger partial charge in [0.25, 0.3) is 5.91 Å². The van der Waals surface area contributed by atoms with Gasteiger partial charge in [0.05, 0.1) is 5.56 Å². The van der Waals surface area contributed by atoms with E-state index in [0.29, 0.717) is 11.3 Å². The number of esters is 1. The summed E-state index contributed by atoms with van der Waals surface area (Å²) >= 11 is 0. The lowest BCUT2D eigenvalue weighted by molar-refractivity contribution is -0.123. The number of amides is 1. The average Bonchev–Trinajstić information content (AvgIpc) is 2.48. The third-order valence-electron chi connectivity index (χ3n) is 2.95. The number of carbonyl (C=O) groups is 2. The number of rotatable bonds is 4. The zero-order chi connectivity index (χ0) is 15.2. The number of ether oxygens (including phenoxy) is 1. The van der Waals surface area contributed by atoms with Gasteiger partial charge in [-0.2, -0.15) is 0 Å². The number of aryl methyl sites for hydroxylation is 1. The number of hydrogen-bond donors (Lipinski definition) is 1. The fourth-order valence-corrected chi connectivity index (χ4v) is 1.82. The summed E-state index contributed by atoms with van der Waals surface area (Å²) in [5.74, 6) is -0.868. The van der Waals surface area contributed by atoms with Gasteiger partial charge in [0.2, 0.25) is 0 Å².